The third-order valence-corrected chi connectivity index (χ3v) is 3.89. The molecule has 0 amide bonds. The van der Waals surface area contributed by atoms with Gasteiger partial charge in [0.1, 0.15) is 0 Å². The molecule has 0 spiro atoms. The van der Waals surface area contributed by atoms with Crippen molar-refractivity contribution in [1.82, 2.24) is 5.32 Å². The summed E-state index contributed by atoms with van der Waals surface area (Å²) in [4.78, 5) is 0. The number of nitrogens with two attached hydrogens (primary N) is 1. The molecule has 2 fully saturated rings. The lowest BCUT2D eigenvalue weighted by atomic mass is 9.78. The van der Waals surface area contributed by atoms with Crippen molar-refractivity contribution < 1.29 is 5.11 Å². The van der Waals surface area contributed by atoms with Crippen molar-refractivity contribution in [3.8, 4) is 0 Å². The van der Waals surface area contributed by atoms with Gasteiger partial charge in [-0.15, -0.1) is 0 Å². The first-order chi connectivity index (χ1) is 6.22. The fourth-order valence-corrected chi connectivity index (χ4v) is 2.59. The number of rotatable bonds is 2. The van der Waals surface area contributed by atoms with Gasteiger partial charge >= 0.3 is 0 Å². The van der Waals surface area contributed by atoms with Gasteiger partial charge in [-0.3, -0.25) is 0 Å². The zero-order valence-electron chi connectivity index (χ0n) is 8.18. The largest absolute Gasteiger partial charge is 0.389 e. The summed E-state index contributed by atoms with van der Waals surface area (Å²) >= 11 is 0. The Bertz CT molecular complexity index is 181. The highest BCUT2D eigenvalue weighted by atomic mass is 16.3. The van der Waals surface area contributed by atoms with Gasteiger partial charge < -0.3 is 16.2 Å². The van der Waals surface area contributed by atoms with Crippen LogP contribution in [0.15, 0.2) is 0 Å². The van der Waals surface area contributed by atoms with Crippen LogP contribution in [0.1, 0.15) is 32.1 Å². The van der Waals surface area contributed by atoms with E-state index < -0.39 is 5.60 Å². The van der Waals surface area contributed by atoms with Gasteiger partial charge in [-0.25, -0.2) is 0 Å². The van der Waals surface area contributed by atoms with Crippen LogP contribution in [0.3, 0.4) is 0 Å². The van der Waals surface area contributed by atoms with E-state index >= 15 is 0 Å². The Hall–Kier alpha value is -0.120. The molecule has 2 rings (SSSR count). The maximum atomic E-state index is 10.5. The summed E-state index contributed by atoms with van der Waals surface area (Å²) in [6.07, 6.45) is 5.14. The first-order valence-corrected chi connectivity index (χ1v) is 5.36. The molecular formula is C10H20N2O. The SMILES string of the molecule is NCC1(C2(O)CCCNCC2)CC1. The van der Waals surface area contributed by atoms with Gasteiger partial charge in [0, 0.05) is 12.0 Å². The molecular weight excluding hydrogens is 164 g/mol. The van der Waals surface area contributed by atoms with Crippen molar-refractivity contribution in [2.75, 3.05) is 19.6 Å². The fourth-order valence-electron chi connectivity index (χ4n) is 2.59. The third kappa shape index (κ3) is 1.49. The number of nitrogens with one attached hydrogen (secondary N) is 1. The molecule has 0 radical (unpaired) electrons. The van der Waals surface area contributed by atoms with Gasteiger partial charge in [-0.1, -0.05) is 0 Å². The molecule has 1 atom stereocenters. The Morgan fingerprint density at radius 1 is 1.15 bits per heavy atom. The summed E-state index contributed by atoms with van der Waals surface area (Å²) < 4.78 is 0. The zero-order valence-corrected chi connectivity index (χ0v) is 8.18. The van der Waals surface area contributed by atoms with Crippen molar-refractivity contribution in [3.63, 3.8) is 0 Å². The summed E-state index contributed by atoms with van der Waals surface area (Å²) in [7, 11) is 0. The van der Waals surface area contributed by atoms with E-state index in [-0.39, 0.29) is 5.41 Å². The molecule has 0 aromatic carbocycles. The minimum Gasteiger partial charge on any atom is -0.389 e. The summed E-state index contributed by atoms with van der Waals surface area (Å²) in [6, 6.07) is 0. The molecule has 0 aromatic rings. The molecule has 76 valence electrons. The van der Waals surface area contributed by atoms with Crippen LogP contribution in [-0.4, -0.2) is 30.3 Å². The van der Waals surface area contributed by atoms with Crippen LogP contribution in [0.5, 0.6) is 0 Å². The van der Waals surface area contributed by atoms with Crippen LogP contribution in [0.2, 0.25) is 0 Å². The first kappa shape index (κ1) is 9.44. The van der Waals surface area contributed by atoms with Crippen molar-refractivity contribution in [2.45, 2.75) is 37.7 Å². The van der Waals surface area contributed by atoms with Crippen LogP contribution >= 0.6 is 0 Å². The fraction of sp³-hybridized carbons (Fsp3) is 1.00. The van der Waals surface area contributed by atoms with E-state index in [0.29, 0.717) is 6.54 Å². The maximum absolute atomic E-state index is 10.5. The molecule has 1 aliphatic carbocycles. The topological polar surface area (TPSA) is 58.3 Å². The Labute approximate surface area is 79.7 Å². The minimum atomic E-state index is -0.467. The number of hydrogen-bond acceptors (Lipinski definition) is 3. The molecule has 4 N–H and O–H groups in total. The molecule has 1 saturated carbocycles. The molecule has 3 heteroatoms. The quantitative estimate of drug-likeness (QED) is 0.576. The zero-order chi connectivity index (χ0) is 9.36. The average Bonchev–Trinajstić information content (AvgIpc) is 2.89. The normalized spacial score (nSPS) is 38.3. The molecule has 0 aromatic heterocycles. The number of aliphatic hydroxyl groups is 1. The molecule has 0 bridgehead atoms. The molecule has 2 aliphatic rings. The Balaban J connectivity index is 2.08. The lowest BCUT2D eigenvalue weighted by molar-refractivity contribution is -0.0396. The minimum absolute atomic E-state index is 0.0824. The van der Waals surface area contributed by atoms with Gasteiger partial charge in [-0.05, 0) is 45.2 Å². The lowest BCUT2D eigenvalue weighted by Gasteiger charge is -2.35. The van der Waals surface area contributed by atoms with Gasteiger partial charge in [-0.2, -0.15) is 0 Å². The Kier molecular flexibility index (Phi) is 2.34. The molecule has 1 unspecified atom stereocenters. The molecule has 1 saturated heterocycles. The molecule has 13 heavy (non-hydrogen) atoms. The number of hydrogen-bond donors (Lipinski definition) is 3. The van der Waals surface area contributed by atoms with E-state index in [1.807, 2.05) is 0 Å². The second kappa shape index (κ2) is 3.23. The second-order valence-electron chi connectivity index (χ2n) is 4.62. The predicted octanol–water partition coefficient (Wildman–Crippen LogP) is 0.230. The van der Waals surface area contributed by atoms with Gasteiger partial charge in [0.15, 0.2) is 0 Å². The summed E-state index contributed by atoms with van der Waals surface area (Å²) in [5, 5.41) is 13.8. The highest BCUT2D eigenvalue weighted by molar-refractivity contribution is 5.09. The van der Waals surface area contributed by atoms with Crippen molar-refractivity contribution in [3.05, 3.63) is 0 Å². The van der Waals surface area contributed by atoms with E-state index in [1.54, 1.807) is 0 Å². The van der Waals surface area contributed by atoms with Crippen LogP contribution in [-0.2, 0) is 0 Å². The van der Waals surface area contributed by atoms with E-state index in [9.17, 15) is 5.11 Å². The lowest BCUT2D eigenvalue weighted by Crippen LogP contribution is -2.44. The van der Waals surface area contributed by atoms with E-state index in [2.05, 4.69) is 5.32 Å². The summed E-state index contributed by atoms with van der Waals surface area (Å²) in [5.74, 6) is 0. The van der Waals surface area contributed by atoms with Crippen molar-refractivity contribution in [1.29, 1.82) is 0 Å². The summed E-state index contributed by atoms with van der Waals surface area (Å²) in [5.41, 5.74) is 5.37. The predicted molar refractivity (Wildman–Crippen MR) is 52.4 cm³/mol. The Morgan fingerprint density at radius 2 is 1.92 bits per heavy atom. The van der Waals surface area contributed by atoms with Gasteiger partial charge in [0.05, 0.1) is 5.60 Å². The van der Waals surface area contributed by atoms with E-state index in [1.165, 1.54) is 0 Å². The van der Waals surface area contributed by atoms with E-state index in [0.717, 1.165) is 45.2 Å². The first-order valence-electron chi connectivity index (χ1n) is 5.36. The molecule has 1 aliphatic heterocycles. The van der Waals surface area contributed by atoms with Crippen LogP contribution < -0.4 is 11.1 Å². The van der Waals surface area contributed by atoms with Crippen LogP contribution in [0.4, 0.5) is 0 Å². The monoisotopic (exact) mass is 184 g/mol. The van der Waals surface area contributed by atoms with E-state index in [4.69, 9.17) is 5.73 Å². The second-order valence-corrected chi connectivity index (χ2v) is 4.62. The maximum Gasteiger partial charge on any atom is 0.0728 e. The molecule has 3 nitrogen and oxygen atoms in total. The van der Waals surface area contributed by atoms with Crippen LogP contribution in [0, 0.1) is 5.41 Å². The standard InChI is InChI=1S/C10H20N2O/c11-8-9(3-4-9)10(13)2-1-6-12-7-5-10/h12-13H,1-8,11H2. The average molecular weight is 184 g/mol. The Morgan fingerprint density at radius 3 is 2.54 bits per heavy atom. The highest BCUT2D eigenvalue weighted by Gasteiger charge is 2.56. The molecule has 1 heterocycles. The van der Waals surface area contributed by atoms with Gasteiger partial charge in [0.2, 0.25) is 0 Å². The summed E-state index contributed by atoms with van der Waals surface area (Å²) in [6.45, 7) is 2.64. The third-order valence-electron chi connectivity index (χ3n) is 3.89. The van der Waals surface area contributed by atoms with Gasteiger partial charge in [0.25, 0.3) is 0 Å². The smallest absolute Gasteiger partial charge is 0.0728 e. The van der Waals surface area contributed by atoms with Crippen LogP contribution in [0.25, 0.3) is 0 Å². The van der Waals surface area contributed by atoms with Crippen molar-refractivity contribution in [2.24, 2.45) is 11.1 Å². The highest BCUT2D eigenvalue weighted by Crippen LogP contribution is 2.56. The van der Waals surface area contributed by atoms with Crippen molar-refractivity contribution >= 4 is 0 Å².